The van der Waals surface area contributed by atoms with E-state index in [1.807, 2.05) is 0 Å². The van der Waals surface area contributed by atoms with Crippen LogP contribution < -0.4 is 10.1 Å². The van der Waals surface area contributed by atoms with Gasteiger partial charge in [0.2, 0.25) is 5.88 Å². The monoisotopic (exact) mass is 463 g/mol. The van der Waals surface area contributed by atoms with E-state index in [1.165, 1.54) is 12.4 Å². The second-order valence-corrected chi connectivity index (χ2v) is 7.53. The number of benzene rings is 2. The molecule has 6 nitrogen and oxygen atoms in total. The van der Waals surface area contributed by atoms with E-state index in [4.69, 9.17) is 4.74 Å². The number of ether oxygens (including phenoxy) is 1. The van der Waals surface area contributed by atoms with Gasteiger partial charge in [-0.3, -0.25) is 4.79 Å². The number of nitrogens with zero attached hydrogens (tertiary/aromatic N) is 2. The summed E-state index contributed by atoms with van der Waals surface area (Å²) in [7, 11) is 0. The number of amides is 1. The number of carbonyl (C=O) groups is 1. The molecule has 2 aromatic heterocycles. The van der Waals surface area contributed by atoms with Gasteiger partial charge in [0.25, 0.3) is 5.91 Å². The highest BCUT2D eigenvalue weighted by Crippen LogP contribution is 2.40. The van der Waals surface area contributed by atoms with E-state index in [0.29, 0.717) is 27.9 Å². The Bertz CT molecular complexity index is 1310. The number of fused-ring (bicyclic) bond motifs is 1. The van der Waals surface area contributed by atoms with Crippen LogP contribution in [0.25, 0.3) is 10.1 Å². The lowest BCUT2D eigenvalue weighted by molar-refractivity contribution is -0.139. The molecule has 0 aliphatic rings. The summed E-state index contributed by atoms with van der Waals surface area (Å²) in [4.78, 5) is 20.8. The van der Waals surface area contributed by atoms with Gasteiger partial charge in [0.05, 0.1) is 17.9 Å². The Morgan fingerprint density at radius 3 is 2.66 bits per heavy atom. The van der Waals surface area contributed by atoms with Crippen LogP contribution in [0.5, 0.6) is 10.9 Å². The van der Waals surface area contributed by atoms with Crippen molar-refractivity contribution in [3.05, 3.63) is 77.5 Å². The van der Waals surface area contributed by atoms with E-state index in [9.17, 15) is 27.5 Å². The van der Waals surface area contributed by atoms with E-state index in [2.05, 4.69) is 15.3 Å². The molecule has 2 aromatic carbocycles. The van der Waals surface area contributed by atoms with E-state index in [-0.39, 0.29) is 28.8 Å². The topological polar surface area (TPSA) is 84.3 Å². The number of hydrogen-bond acceptors (Lipinski definition) is 6. The largest absolute Gasteiger partial charge is 0.427 e. The highest BCUT2D eigenvalue weighted by atomic mass is 32.1. The molecule has 0 radical (unpaired) electrons. The van der Waals surface area contributed by atoms with Crippen molar-refractivity contribution in [2.45, 2.75) is 12.8 Å². The number of halogens is 4. The number of alkyl halides is 3. The molecule has 0 fully saturated rings. The first-order valence-corrected chi connectivity index (χ1v) is 9.87. The predicted octanol–water partition coefficient (Wildman–Crippen LogP) is 5.39. The molecule has 0 unspecified atom stereocenters. The zero-order chi connectivity index (χ0) is 22.9. The number of anilines is 1. The fourth-order valence-electron chi connectivity index (χ4n) is 2.94. The summed E-state index contributed by atoms with van der Waals surface area (Å²) in [6.45, 7) is -0.343. The second-order valence-electron chi connectivity index (χ2n) is 6.51. The first-order chi connectivity index (χ1) is 15.3. The lowest BCUT2D eigenvalue weighted by Gasteiger charge is -2.12. The predicted molar refractivity (Wildman–Crippen MR) is 109 cm³/mol. The normalized spacial score (nSPS) is 11.5. The average Bonchev–Trinajstić information content (AvgIpc) is 3.12. The molecule has 0 spiro atoms. The number of aromatic nitrogens is 2. The quantitative estimate of drug-likeness (QED) is 0.388. The van der Waals surface area contributed by atoms with Crippen molar-refractivity contribution < 1.29 is 32.2 Å². The summed E-state index contributed by atoms with van der Waals surface area (Å²) >= 11 is 1.13. The van der Waals surface area contributed by atoms with Crippen LogP contribution in [0, 0.1) is 5.82 Å². The molecular weight excluding hydrogens is 450 g/mol. The van der Waals surface area contributed by atoms with Crippen molar-refractivity contribution in [2.75, 3.05) is 5.32 Å². The van der Waals surface area contributed by atoms with E-state index < -0.39 is 23.5 Å². The van der Waals surface area contributed by atoms with Crippen molar-refractivity contribution in [3.63, 3.8) is 0 Å². The van der Waals surface area contributed by atoms with Crippen molar-refractivity contribution in [1.82, 2.24) is 9.97 Å². The van der Waals surface area contributed by atoms with Crippen LogP contribution in [0.2, 0.25) is 0 Å². The Morgan fingerprint density at radius 1 is 1.12 bits per heavy atom. The third-order valence-electron chi connectivity index (χ3n) is 4.38. The van der Waals surface area contributed by atoms with Gasteiger partial charge in [-0.15, -0.1) is 0 Å². The molecular formula is C21H13F4N3O3S. The minimum atomic E-state index is -4.91. The fraction of sp³-hybridized carbons (Fsp3) is 0.0952. The van der Waals surface area contributed by atoms with Gasteiger partial charge in [-0.25, -0.2) is 14.4 Å². The molecule has 0 aliphatic carbocycles. The molecule has 11 heteroatoms. The lowest BCUT2D eigenvalue weighted by atomic mass is 10.1. The van der Waals surface area contributed by atoms with Gasteiger partial charge in [0.1, 0.15) is 17.7 Å². The lowest BCUT2D eigenvalue weighted by Crippen LogP contribution is -2.14. The first-order valence-electron chi connectivity index (χ1n) is 9.05. The number of nitrogens with one attached hydrogen (secondary N) is 1. The second kappa shape index (κ2) is 8.52. The smallest absolute Gasteiger partial charge is 0.419 e. The number of thiophene rings is 1. The number of carbonyl (C=O) groups excluding carboxylic acids is 1. The Labute approximate surface area is 182 Å². The van der Waals surface area contributed by atoms with E-state index >= 15 is 0 Å². The maximum Gasteiger partial charge on any atom is 0.419 e. The van der Waals surface area contributed by atoms with Crippen LogP contribution in [0.15, 0.2) is 54.9 Å². The fourth-order valence-corrected chi connectivity index (χ4v) is 4.00. The standard InChI is InChI=1S/C21H13F4N3O3S/c22-15-6-5-11(7-14(15)21(23,24)25)28-19(30)18-13-3-1-2-4-16(13)32-20(18)31-17-8-12(9-29)26-10-27-17/h1-8,10,29H,9H2,(H,28,30). The molecule has 4 rings (SSSR count). The zero-order valence-corrected chi connectivity index (χ0v) is 16.8. The third kappa shape index (κ3) is 4.39. The zero-order valence-electron chi connectivity index (χ0n) is 16.0. The van der Waals surface area contributed by atoms with Crippen LogP contribution >= 0.6 is 11.3 Å². The Hall–Kier alpha value is -3.57. The van der Waals surface area contributed by atoms with E-state index in [0.717, 1.165) is 17.4 Å². The van der Waals surface area contributed by atoms with Crippen LogP contribution in [0.1, 0.15) is 21.6 Å². The van der Waals surface area contributed by atoms with Crippen molar-refractivity contribution >= 4 is 33.0 Å². The molecule has 0 bridgehead atoms. The van der Waals surface area contributed by atoms with Crippen molar-refractivity contribution in [2.24, 2.45) is 0 Å². The third-order valence-corrected chi connectivity index (χ3v) is 5.43. The van der Waals surface area contributed by atoms with Gasteiger partial charge < -0.3 is 15.2 Å². The molecule has 4 aromatic rings. The Morgan fingerprint density at radius 2 is 1.91 bits per heavy atom. The molecule has 2 N–H and O–H groups in total. The molecule has 0 saturated heterocycles. The van der Waals surface area contributed by atoms with Crippen LogP contribution in [-0.4, -0.2) is 21.0 Å². The molecule has 1 amide bonds. The molecule has 0 atom stereocenters. The summed E-state index contributed by atoms with van der Waals surface area (Å²) in [5, 5.41) is 12.3. The Kier molecular flexibility index (Phi) is 5.76. The first kappa shape index (κ1) is 21.7. The van der Waals surface area contributed by atoms with Crippen LogP contribution in [0.3, 0.4) is 0 Å². The number of aliphatic hydroxyl groups excluding tert-OH is 1. The number of aliphatic hydroxyl groups is 1. The van der Waals surface area contributed by atoms with Crippen LogP contribution in [-0.2, 0) is 12.8 Å². The van der Waals surface area contributed by atoms with Crippen LogP contribution in [0.4, 0.5) is 23.2 Å². The number of rotatable bonds is 5. The highest BCUT2D eigenvalue weighted by molar-refractivity contribution is 7.21. The van der Waals surface area contributed by atoms with Gasteiger partial charge in [-0.1, -0.05) is 29.5 Å². The maximum atomic E-state index is 13.6. The minimum Gasteiger partial charge on any atom is -0.427 e. The SMILES string of the molecule is O=C(Nc1ccc(F)c(C(F)(F)F)c1)c1c(Oc2cc(CO)ncn2)sc2ccccc12. The summed E-state index contributed by atoms with van der Waals surface area (Å²) in [6, 6.07) is 10.5. The minimum absolute atomic E-state index is 0.0748. The summed E-state index contributed by atoms with van der Waals surface area (Å²) < 4.78 is 59.1. The van der Waals surface area contributed by atoms with Gasteiger partial charge in [-0.05, 0) is 24.3 Å². The summed E-state index contributed by atoms with van der Waals surface area (Å²) in [5.41, 5.74) is -1.34. The average molecular weight is 463 g/mol. The van der Waals surface area contributed by atoms with Crippen molar-refractivity contribution in [3.8, 4) is 10.9 Å². The molecule has 32 heavy (non-hydrogen) atoms. The molecule has 0 saturated carbocycles. The highest BCUT2D eigenvalue weighted by Gasteiger charge is 2.34. The van der Waals surface area contributed by atoms with Gasteiger partial charge in [-0.2, -0.15) is 13.2 Å². The Balaban J connectivity index is 1.72. The summed E-state index contributed by atoms with van der Waals surface area (Å²) in [5.74, 6) is -2.11. The molecule has 164 valence electrons. The van der Waals surface area contributed by atoms with E-state index in [1.54, 1.807) is 24.3 Å². The number of hydrogen-bond donors (Lipinski definition) is 2. The maximum absolute atomic E-state index is 13.6. The van der Waals surface area contributed by atoms with Gasteiger partial charge in [0, 0.05) is 21.8 Å². The molecule has 2 heterocycles. The van der Waals surface area contributed by atoms with Gasteiger partial charge >= 0.3 is 6.18 Å². The molecule has 0 aliphatic heterocycles. The van der Waals surface area contributed by atoms with Crippen molar-refractivity contribution in [1.29, 1.82) is 0 Å². The summed E-state index contributed by atoms with van der Waals surface area (Å²) in [6.07, 6.45) is -3.73. The van der Waals surface area contributed by atoms with Gasteiger partial charge in [0.15, 0.2) is 5.06 Å².